The van der Waals surface area contributed by atoms with Gasteiger partial charge in [-0.15, -0.1) is 0 Å². The van der Waals surface area contributed by atoms with Crippen molar-refractivity contribution < 1.29 is 4.74 Å². The van der Waals surface area contributed by atoms with E-state index in [4.69, 9.17) is 4.74 Å². The van der Waals surface area contributed by atoms with E-state index < -0.39 is 0 Å². The van der Waals surface area contributed by atoms with Crippen LogP contribution in [0.4, 0.5) is 5.69 Å². The second-order valence-electron chi connectivity index (χ2n) is 5.62. The lowest BCUT2D eigenvalue weighted by Gasteiger charge is -2.11. The van der Waals surface area contributed by atoms with Crippen molar-refractivity contribution in [2.75, 3.05) is 26.1 Å². The highest BCUT2D eigenvalue weighted by atomic mass is 16.5. The molecule has 2 nitrogen and oxygen atoms in total. The maximum Gasteiger partial charge on any atom is 0.119 e. The van der Waals surface area contributed by atoms with E-state index in [1.807, 2.05) is 20.2 Å². The van der Waals surface area contributed by atoms with Gasteiger partial charge >= 0.3 is 0 Å². The molecule has 0 fully saturated rings. The summed E-state index contributed by atoms with van der Waals surface area (Å²) in [4.78, 5) is 2.10. The van der Waals surface area contributed by atoms with Crippen LogP contribution < -0.4 is 9.64 Å². The Morgan fingerprint density at radius 1 is 0.957 bits per heavy atom. The van der Waals surface area contributed by atoms with Gasteiger partial charge in [-0.05, 0) is 47.4 Å². The molecule has 0 unspecified atom stereocenters. The summed E-state index contributed by atoms with van der Waals surface area (Å²) < 4.78 is 5.30. The summed E-state index contributed by atoms with van der Waals surface area (Å²) >= 11 is 0. The summed E-state index contributed by atoms with van der Waals surface area (Å²) in [5.74, 6) is 0.894. The summed E-state index contributed by atoms with van der Waals surface area (Å²) in [5, 5.41) is 0. The van der Waals surface area contributed by atoms with Gasteiger partial charge in [-0.2, -0.15) is 0 Å². The molecule has 2 aromatic carbocycles. The van der Waals surface area contributed by atoms with Crippen LogP contribution in [0.5, 0.6) is 5.75 Å². The molecule has 2 heteroatoms. The molecule has 2 aromatic rings. The highest BCUT2D eigenvalue weighted by Gasteiger charge is 1.99. The first-order chi connectivity index (χ1) is 11.1. The molecule has 0 amide bonds. The van der Waals surface area contributed by atoms with Gasteiger partial charge in [0.25, 0.3) is 0 Å². The zero-order valence-corrected chi connectivity index (χ0v) is 14.4. The summed E-state index contributed by atoms with van der Waals surface area (Å²) in [6, 6.07) is 14.7. The summed E-state index contributed by atoms with van der Waals surface area (Å²) in [5.41, 5.74) is 4.94. The lowest BCUT2D eigenvalue weighted by Crippen LogP contribution is -2.07. The van der Waals surface area contributed by atoms with Gasteiger partial charge in [0, 0.05) is 19.8 Å². The third kappa shape index (κ3) is 4.75. The fourth-order valence-electron chi connectivity index (χ4n) is 2.39. The molecule has 0 spiro atoms. The van der Waals surface area contributed by atoms with Crippen LogP contribution in [-0.2, 0) is 6.42 Å². The van der Waals surface area contributed by atoms with Crippen LogP contribution in [0.3, 0.4) is 0 Å². The molecular formula is C21H25NO. The number of hydrogen-bond donors (Lipinski definition) is 0. The van der Waals surface area contributed by atoms with Crippen LogP contribution in [-0.4, -0.2) is 21.2 Å². The Balaban J connectivity index is 2.08. The van der Waals surface area contributed by atoms with Gasteiger partial charge in [-0.25, -0.2) is 0 Å². The van der Waals surface area contributed by atoms with Crippen molar-refractivity contribution in [2.45, 2.75) is 13.3 Å². The van der Waals surface area contributed by atoms with Crippen LogP contribution in [0, 0.1) is 0 Å². The Kier molecular flexibility index (Phi) is 6.04. The molecule has 0 N–H and O–H groups in total. The largest absolute Gasteiger partial charge is 0.497 e. The molecule has 0 atom stereocenters. The molecule has 0 aliphatic carbocycles. The first-order valence-corrected chi connectivity index (χ1v) is 7.93. The van der Waals surface area contributed by atoms with Crippen LogP contribution in [0.2, 0.25) is 0 Å². The number of benzene rings is 2. The van der Waals surface area contributed by atoms with Crippen molar-refractivity contribution in [3.8, 4) is 5.75 Å². The SMILES string of the molecule is CCc1ccc(OC)cc1/C=C/C=C/c1ccc(N(C)C)cc1. The molecule has 23 heavy (non-hydrogen) atoms. The lowest BCUT2D eigenvalue weighted by atomic mass is 10.0. The lowest BCUT2D eigenvalue weighted by molar-refractivity contribution is 0.414. The van der Waals surface area contributed by atoms with Gasteiger partial charge in [0.2, 0.25) is 0 Å². The summed E-state index contributed by atoms with van der Waals surface area (Å²) in [6.45, 7) is 2.17. The number of anilines is 1. The average Bonchev–Trinajstić information content (AvgIpc) is 2.58. The number of nitrogens with zero attached hydrogens (tertiary/aromatic N) is 1. The van der Waals surface area contributed by atoms with Crippen molar-refractivity contribution in [2.24, 2.45) is 0 Å². The van der Waals surface area contributed by atoms with Gasteiger partial charge in [0.1, 0.15) is 5.75 Å². The minimum absolute atomic E-state index is 0.894. The molecule has 0 saturated carbocycles. The maximum absolute atomic E-state index is 5.30. The quantitative estimate of drug-likeness (QED) is 0.692. The fourth-order valence-corrected chi connectivity index (χ4v) is 2.39. The topological polar surface area (TPSA) is 12.5 Å². The predicted molar refractivity (Wildman–Crippen MR) is 101 cm³/mol. The van der Waals surface area contributed by atoms with E-state index >= 15 is 0 Å². The second-order valence-corrected chi connectivity index (χ2v) is 5.62. The van der Waals surface area contributed by atoms with E-state index in [2.05, 4.69) is 72.5 Å². The van der Waals surface area contributed by atoms with Crippen LogP contribution >= 0.6 is 0 Å². The van der Waals surface area contributed by atoms with Gasteiger partial charge in [-0.1, -0.05) is 49.4 Å². The summed E-state index contributed by atoms with van der Waals surface area (Å²) in [7, 11) is 5.80. The second kappa shape index (κ2) is 8.23. The Morgan fingerprint density at radius 2 is 1.65 bits per heavy atom. The molecule has 0 bridgehead atoms. The van der Waals surface area contributed by atoms with Gasteiger partial charge in [0.05, 0.1) is 7.11 Å². The number of rotatable bonds is 6. The van der Waals surface area contributed by atoms with Crippen LogP contribution in [0.1, 0.15) is 23.6 Å². The molecule has 2 rings (SSSR count). The van der Waals surface area contributed by atoms with Gasteiger partial charge < -0.3 is 9.64 Å². The van der Waals surface area contributed by atoms with E-state index in [1.54, 1.807) is 7.11 Å². The van der Waals surface area contributed by atoms with Crippen molar-refractivity contribution in [1.29, 1.82) is 0 Å². The number of ether oxygens (including phenoxy) is 1. The van der Waals surface area contributed by atoms with Crippen molar-refractivity contribution in [3.63, 3.8) is 0 Å². The van der Waals surface area contributed by atoms with Crippen LogP contribution in [0.15, 0.2) is 54.6 Å². The number of aryl methyl sites for hydroxylation is 1. The van der Waals surface area contributed by atoms with Crippen LogP contribution in [0.25, 0.3) is 12.2 Å². The standard InChI is InChI=1S/C21H25NO/c1-5-18-12-15-21(23-4)16-19(18)9-7-6-8-17-10-13-20(14-11-17)22(2)3/h6-16H,5H2,1-4H3/b8-6+,9-7+. The Bertz CT molecular complexity index is 681. The van der Waals surface area contributed by atoms with E-state index in [0.29, 0.717) is 0 Å². The number of hydrogen-bond acceptors (Lipinski definition) is 2. The molecule has 120 valence electrons. The third-order valence-electron chi connectivity index (χ3n) is 3.82. The predicted octanol–water partition coefficient (Wildman–Crippen LogP) is 5.05. The molecular weight excluding hydrogens is 282 g/mol. The van der Waals surface area contributed by atoms with Crippen molar-refractivity contribution >= 4 is 17.8 Å². The fraction of sp³-hybridized carbons (Fsp3) is 0.238. The minimum atomic E-state index is 0.894. The van der Waals surface area contributed by atoms with Crippen molar-refractivity contribution in [3.05, 3.63) is 71.3 Å². The Morgan fingerprint density at radius 3 is 2.26 bits per heavy atom. The number of allylic oxidation sites excluding steroid dienone is 2. The molecule has 0 aromatic heterocycles. The van der Waals surface area contributed by atoms with Crippen molar-refractivity contribution in [1.82, 2.24) is 0 Å². The summed E-state index contributed by atoms with van der Waals surface area (Å²) in [6.07, 6.45) is 9.41. The molecule has 0 aliphatic rings. The molecule has 0 aliphatic heterocycles. The molecule has 0 heterocycles. The Labute approximate surface area is 139 Å². The minimum Gasteiger partial charge on any atom is -0.497 e. The smallest absolute Gasteiger partial charge is 0.119 e. The van der Waals surface area contributed by atoms with Gasteiger partial charge in [0.15, 0.2) is 0 Å². The molecule has 0 radical (unpaired) electrons. The highest BCUT2D eigenvalue weighted by molar-refractivity contribution is 5.61. The average molecular weight is 307 g/mol. The first-order valence-electron chi connectivity index (χ1n) is 7.93. The highest BCUT2D eigenvalue weighted by Crippen LogP contribution is 2.20. The van der Waals surface area contributed by atoms with E-state index in [9.17, 15) is 0 Å². The number of methoxy groups -OCH3 is 1. The van der Waals surface area contributed by atoms with E-state index in [1.165, 1.54) is 22.4 Å². The third-order valence-corrected chi connectivity index (χ3v) is 3.82. The van der Waals surface area contributed by atoms with E-state index in [-0.39, 0.29) is 0 Å². The Hall–Kier alpha value is -2.48. The van der Waals surface area contributed by atoms with E-state index in [0.717, 1.165) is 12.2 Å². The zero-order valence-electron chi connectivity index (χ0n) is 14.4. The zero-order chi connectivity index (χ0) is 16.7. The molecule has 0 saturated heterocycles. The van der Waals surface area contributed by atoms with Gasteiger partial charge in [-0.3, -0.25) is 0 Å². The maximum atomic E-state index is 5.30. The first kappa shape index (κ1) is 16.9. The monoisotopic (exact) mass is 307 g/mol. The normalized spacial score (nSPS) is 11.3.